The Labute approximate surface area is 120 Å². The monoisotopic (exact) mass is 280 g/mol. The second-order valence-corrected chi connectivity index (χ2v) is 6.66. The molecule has 0 saturated carbocycles. The van der Waals surface area contributed by atoms with Crippen LogP contribution in [0.5, 0.6) is 0 Å². The number of amides is 1. The zero-order chi connectivity index (χ0) is 14.0. The molecule has 1 N–H and O–H groups in total. The summed E-state index contributed by atoms with van der Waals surface area (Å²) in [4.78, 5) is 17.1. The summed E-state index contributed by atoms with van der Waals surface area (Å²) in [6, 6.07) is 4.56. The molecule has 2 rings (SSSR count). The average molecular weight is 280 g/mol. The lowest BCUT2D eigenvalue weighted by Crippen LogP contribution is -2.39. The second-order valence-electron chi connectivity index (χ2n) is 5.34. The highest BCUT2D eigenvalue weighted by Crippen LogP contribution is 2.33. The predicted molar refractivity (Wildman–Crippen MR) is 80.2 cm³/mol. The van der Waals surface area contributed by atoms with Gasteiger partial charge in [0, 0.05) is 15.8 Å². The van der Waals surface area contributed by atoms with Gasteiger partial charge in [-0.05, 0) is 38.8 Å². The molecule has 3 unspecified atom stereocenters. The minimum atomic E-state index is -0.0710. The number of carbonyl (C=O) groups is 1. The molecule has 0 radical (unpaired) electrons. The van der Waals surface area contributed by atoms with Crippen molar-refractivity contribution in [1.82, 2.24) is 10.2 Å². The van der Waals surface area contributed by atoms with Crippen molar-refractivity contribution in [3.8, 4) is 0 Å². The van der Waals surface area contributed by atoms with Crippen LogP contribution in [0.4, 0.5) is 0 Å². The Balaban J connectivity index is 2.27. The van der Waals surface area contributed by atoms with Gasteiger partial charge in [0.05, 0.1) is 6.04 Å². The van der Waals surface area contributed by atoms with Crippen LogP contribution in [0.2, 0.25) is 0 Å². The minimum Gasteiger partial charge on any atom is -0.318 e. The molecule has 3 nitrogen and oxygen atoms in total. The summed E-state index contributed by atoms with van der Waals surface area (Å²) < 4.78 is 0. The lowest BCUT2D eigenvalue weighted by atomic mass is 10.1. The van der Waals surface area contributed by atoms with Crippen molar-refractivity contribution < 1.29 is 4.79 Å². The summed E-state index contributed by atoms with van der Waals surface area (Å²) in [6.45, 7) is 8.44. The molecule has 0 spiro atoms. The first-order chi connectivity index (χ1) is 9.08. The van der Waals surface area contributed by atoms with Crippen LogP contribution in [0.25, 0.3) is 0 Å². The summed E-state index contributed by atoms with van der Waals surface area (Å²) in [5.41, 5.74) is 0. The zero-order valence-electron chi connectivity index (χ0n) is 12.3. The number of nitrogens with zero attached hydrogens (tertiary/aromatic N) is 1. The SMILES string of the molecule is CCCC(CC)N1C(=O)C(C)NC1c1ccc(C)s1. The van der Waals surface area contributed by atoms with Crippen LogP contribution in [0.1, 0.15) is 56.0 Å². The number of thiophene rings is 1. The van der Waals surface area contributed by atoms with E-state index in [2.05, 4.69) is 43.1 Å². The molecule has 1 saturated heterocycles. The predicted octanol–water partition coefficient (Wildman–Crippen LogP) is 3.45. The lowest BCUT2D eigenvalue weighted by Gasteiger charge is -2.31. The van der Waals surface area contributed by atoms with Crippen LogP contribution in [0.3, 0.4) is 0 Å². The molecule has 0 aliphatic carbocycles. The molecule has 106 valence electrons. The highest BCUT2D eigenvalue weighted by Gasteiger charge is 2.40. The fraction of sp³-hybridized carbons (Fsp3) is 0.667. The van der Waals surface area contributed by atoms with Gasteiger partial charge < -0.3 is 4.90 Å². The topological polar surface area (TPSA) is 32.3 Å². The van der Waals surface area contributed by atoms with Crippen LogP contribution < -0.4 is 5.32 Å². The van der Waals surface area contributed by atoms with E-state index in [9.17, 15) is 4.79 Å². The molecule has 2 heterocycles. The lowest BCUT2D eigenvalue weighted by molar-refractivity contribution is -0.132. The first-order valence-corrected chi connectivity index (χ1v) is 8.04. The van der Waals surface area contributed by atoms with E-state index in [0.29, 0.717) is 6.04 Å². The Morgan fingerprint density at radius 2 is 2.16 bits per heavy atom. The number of hydrogen-bond acceptors (Lipinski definition) is 3. The number of carbonyl (C=O) groups excluding carboxylic acids is 1. The number of hydrogen-bond donors (Lipinski definition) is 1. The van der Waals surface area contributed by atoms with Gasteiger partial charge >= 0.3 is 0 Å². The molecule has 1 aromatic rings. The smallest absolute Gasteiger partial charge is 0.241 e. The van der Waals surface area contributed by atoms with E-state index in [-0.39, 0.29) is 18.1 Å². The Morgan fingerprint density at radius 3 is 2.68 bits per heavy atom. The summed E-state index contributed by atoms with van der Waals surface area (Å²) in [7, 11) is 0. The first kappa shape index (κ1) is 14.5. The zero-order valence-corrected chi connectivity index (χ0v) is 13.1. The van der Waals surface area contributed by atoms with Crippen molar-refractivity contribution >= 4 is 17.2 Å². The normalized spacial score (nSPS) is 25.1. The molecule has 1 aliphatic heterocycles. The van der Waals surface area contributed by atoms with E-state index in [1.165, 1.54) is 9.75 Å². The maximum Gasteiger partial charge on any atom is 0.241 e. The molecular formula is C15H24N2OS. The summed E-state index contributed by atoms with van der Waals surface area (Å²) in [5, 5.41) is 3.44. The molecule has 1 fully saturated rings. The fourth-order valence-electron chi connectivity index (χ4n) is 2.82. The first-order valence-electron chi connectivity index (χ1n) is 7.23. The van der Waals surface area contributed by atoms with Crippen molar-refractivity contribution in [2.24, 2.45) is 0 Å². The van der Waals surface area contributed by atoms with E-state index >= 15 is 0 Å². The third-order valence-electron chi connectivity index (χ3n) is 3.83. The summed E-state index contributed by atoms with van der Waals surface area (Å²) >= 11 is 1.78. The maximum absolute atomic E-state index is 12.4. The molecule has 4 heteroatoms. The maximum atomic E-state index is 12.4. The van der Waals surface area contributed by atoms with Crippen LogP contribution in [-0.2, 0) is 4.79 Å². The van der Waals surface area contributed by atoms with Gasteiger partial charge in [0.2, 0.25) is 5.91 Å². The van der Waals surface area contributed by atoms with Gasteiger partial charge in [-0.15, -0.1) is 11.3 Å². The minimum absolute atomic E-state index is 0.0673. The van der Waals surface area contributed by atoms with Crippen molar-refractivity contribution in [2.75, 3.05) is 0 Å². The second kappa shape index (κ2) is 6.06. The Hall–Kier alpha value is -0.870. The molecule has 1 aromatic heterocycles. The van der Waals surface area contributed by atoms with Gasteiger partial charge in [0.15, 0.2) is 0 Å². The molecule has 1 aliphatic rings. The molecule has 3 atom stereocenters. The summed E-state index contributed by atoms with van der Waals surface area (Å²) in [6.07, 6.45) is 3.29. The van der Waals surface area contributed by atoms with Crippen LogP contribution in [0, 0.1) is 6.92 Å². The Bertz CT molecular complexity index is 443. The third kappa shape index (κ3) is 2.84. The van der Waals surface area contributed by atoms with Crippen molar-refractivity contribution in [3.63, 3.8) is 0 Å². The molecule has 19 heavy (non-hydrogen) atoms. The standard InChI is InChI=1S/C15H24N2OS/c1-5-7-12(6-2)17-14(16-11(4)15(17)18)13-9-8-10(3)19-13/h8-9,11-12,14,16H,5-7H2,1-4H3. The van der Waals surface area contributed by atoms with E-state index in [0.717, 1.165) is 19.3 Å². The van der Waals surface area contributed by atoms with E-state index in [1.807, 2.05) is 6.92 Å². The number of rotatable bonds is 5. The Morgan fingerprint density at radius 1 is 1.42 bits per heavy atom. The van der Waals surface area contributed by atoms with Gasteiger partial charge in [0.1, 0.15) is 6.17 Å². The summed E-state index contributed by atoms with van der Waals surface area (Å²) in [5.74, 6) is 0.247. The van der Waals surface area contributed by atoms with Crippen molar-refractivity contribution in [2.45, 2.75) is 65.2 Å². The van der Waals surface area contributed by atoms with E-state index in [1.54, 1.807) is 11.3 Å². The molecular weight excluding hydrogens is 256 g/mol. The quantitative estimate of drug-likeness (QED) is 0.896. The van der Waals surface area contributed by atoms with Crippen molar-refractivity contribution in [3.05, 3.63) is 21.9 Å². The van der Waals surface area contributed by atoms with Crippen LogP contribution in [-0.4, -0.2) is 22.9 Å². The number of nitrogens with one attached hydrogen (secondary N) is 1. The van der Waals surface area contributed by atoms with Gasteiger partial charge in [-0.3, -0.25) is 10.1 Å². The highest BCUT2D eigenvalue weighted by atomic mass is 32.1. The molecule has 0 bridgehead atoms. The van der Waals surface area contributed by atoms with Gasteiger partial charge in [-0.25, -0.2) is 0 Å². The van der Waals surface area contributed by atoms with Gasteiger partial charge in [0.25, 0.3) is 0 Å². The Kier molecular flexibility index (Phi) is 4.63. The number of aryl methyl sites for hydroxylation is 1. The van der Waals surface area contributed by atoms with Crippen LogP contribution in [0.15, 0.2) is 12.1 Å². The van der Waals surface area contributed by atoms with Gasteiger partial charge in [-0.2, -0.15) is 0 Å². The third-order valence-corrected chi connectivity index (χ3v) is 4.88. The molecule has 0 aromatic carbocycles. The highest BCUT2D eigenvalue weighted by molar-refractivity contribution is 7.12. The van der Waals surface area contributed by atoms with E-state index < -0.39 is 0 Å². The van der Waals surface area contributed by atoms with Crippen LogP contribution >= 0.6 is 11.3 Å². The van der Waals surface area contributed by atoms with E-state index in [4.69, 9.17) is 0 Å². The fourth-order valence-corrected chi connectivity index (χ4v) is 3.76. The van der Waals surface area contributed by atoms with Crippen molar-refractivity contribution in [1.29, 1.82) is 0 Å². The average Bonchev–Trinajstić information content (AvgIpc) is 2.93. The molecule has 1 amide bonds. The largest absolute Gasteiger partial charge is 0.318 e. The van der Waals surface area contributed by atoms with Gasteiger partial charge in [-0.1, -0.05) is 20.3 Å².